The molecule has 3 heterocycles. The van der Waals surface area contributed by atoms with Gasteiger partial charge in [-0.25, -0.2) is 4.98 Å². The van der Waals surface area contributed by atoms with Crippen molar-refractivity contribution >= 4 is 0 Å². The van der Waals surface area contributed by atoms with Gasteiger partial charge in [0, 0.05) is 18.8 Å². The summed E-state index contributed by atoms with van der Waals surface area (Å²) in [5.74, 6) is 2.48. The molecule has 31 heavy (non-hydrogen) atoms. The summed E-state index contributed by atoms with van der Waals surface area (Å²) in [6.45, 7) is 1.57. The van der Waals surface area contributed by atoms with Crippen LogP contribution in [0.1, 0.15) is 30.3 Å². The molecule has 0 radical (unpaired) electrons. The lowest BCUT2D eigenvalue weighted by Crippen LogP contribution is -2.26. The number of hydrogen-bond acceptors (Lipinski definition) is 7. The fraction of sp³-hybridized carbons (Fsp3) is 0.348. The van der Waals surface area contributed by atoms with Crippen molar-refractivity contribution in [3.63, 3.8) is 0 Å². The van der Waals surface area contributed by atoms with Gasteiger partial charge in [0.15, 0.2) is 11.5 Å². The average molecular weight is 422 g/mol. The number of aromatic nitrogens is 3. The maximum atomic E-state index is 12.4. The summed E-state index contributed by atoms with van der Waals surface area (Å²) in [7, 11) is 4.81. The molecule has 0 saturated carbocycles. The first-order valence-corrected chi connectivity index (χ1v) is 10.2. The number of benzene rings is 1. The summed E-state index contributed by atoms with van der Waals surface area (Å²) < 4.78 is 16.4. The maximum absolute atomic E-state index is 12.4. The van der Waals surface area contributed by atoms with E-state index in [2.05, 4.69) is 14.9 Å². The van der Waals surface area contributed by atoms with Crippen molar-refractivity contribution in [2.24, 2.45) is 0 Å². The van der Waals surface area contributed by atoms with E-state index in [1.165, 1.54) is 6.07 Å². The van der Waals surface area contributed by atoms with Gasteiger partial charge >= 0.3 is 0 Å². The van der Waals surface area contributed by atoms with E-state index in [0.29, 0.717) is 41.0 Å². The summed E-state index contributed by atoms with van der Waals surface area (Å²) >= 11 is 0. The predicted octanol–water partition coefficient (Wildman–Crippen LogP) is 3.19. The molecule has 4 rings (SSSR count). The molecular formula is C23H26N4O4. The van der Waals surface area contributed by atoms with Crippen LogP contribution in [0.15, 0.2) is 47.4 Å². The zero-order chi connectivity index (χ0) is 21.8. The van der Waals surface area contributed by atoms with Crippen LogP contribution in [0.25, 0.3) is 11.4 Å². The van der Waals surface area contributed by atoms with Crippen LogP contribution >= 0.6 is 0 Å². The largest absolute Gasteiger partial charge is 0.493 e. The van der Waals surface area contributed by atoms with E-state index >= 15 is 0 Å². The molecule has 0 bridgehead atoms. The third kappa shape index (κ3) is 4.39. The van der Waals surface area contributed by atoms with E-state index < -0.39 is 0 Å². The first-order valence-electron chi connectivity index (χ1n) is 10.2. The van der Waals surface area contributed by atoms with Crippen LogP contribution in [0.4, 0.5) is 0 Å². The van der Waals surface area contributed by atoms with Gasteiger partial charge in [0.25, 0.3) is 5.56 Å². The van der Waals surface area contributed by atoms with Gasteiger partial charge in [-0.2, -0.15) is 0 Å². The fourth-order valence-electron chi connectivity index (χ4n) is 4.07. The van der Waals surface area contributed by atoms with E-state index in [1.807, 2.05) is 30.3 Å². The highest BCUT2D eigenvalue weighted by Gasteiger charge is 2.29. The van der Waals surface area contributed by atoms with Crippen LogP contribution in [-0.4, -0.2) is 47.7 Å². The molecule has 0 spiro atoms. The van der Waals surface area contributed by atoms with Gasteiger partial charge in [-0.05, 0) is 49.2 Å². The van der Waals surface area contributed by atoms with Gasteiger partial charge in [-0.1, -0.05) is 6.07 Å². The Kier molecular flexibility index (Phi) is 6.18. The number of nitrogens with zero attached hydrogens (tertiary/aromatic N) is 3. The highest BCUT2D eigenvalue weighted by atomic mass is 16.5. The Morgan fingerprint density at radius 1 is 1.06 bits per heavy atom. The Balaban J connectivity index is 1.64. The molecule has 1 fully saturated rings. The van der Waals surface area contributed by atoms with Gasteiger partial charge in [-0.3, -0.25) is 14.7 Å². The monoisotopic (exact) mass is 422 g/mol. The van der Waals surface area contributed by atoms with Crippen LogP contribution in [0.2, 0.25) is 0 Å². The molecular weight excluding hydrogens is 396 g/mol. The Bertz CT molecular complexity index is 1080. The minimum Gasteiger partial charge on any atom is -0.493 e. The first-order chi connectivity index (χ1) is 15.1. The Morgan fingerprint density at radius 3 is 2.48 bits per heavy atom. The molecule has 0 aliphatic carbocycles. The van der Waals surface area contributed by atoms with E-state index in [0.717, 1.165) is 24.9 Å². The highest BCUT2D eigenvalue weighted by molar-refractivity contribution is 5.54. The lowest BCUT2D eigenvalue weighted by atomic mass is 10.1. The second kappa shape index (κ2) is 9.18. The van der Waals surface area contributed by atoms with Crippen LogP contribution in [-0.2, 0) is 6.54 Å². The Morgan fingerprint density at radius 2 is 1.84 bits per heavy atom. The average Bonchev–Trinajstić information content (AvgIpc) is 3.26. The van der Waals surface area contributed by atoms with Gasteiger partial charge in [-0.15, -0.1) is 0 Å². The third-order valence-electron chi connectivity index (χ3n) is 5.48. The van der Waals surface area contributed by atoms with Gasteiger partial charge in [0.2, 0.25) is 5.75 Å². The molecule has 162 valence electrons. The van der Waals surface area contributed by atoms with E-state index in [1.54, 1.807) is 27.5 Å². The third-order valence-corrected chi connectivity index (χ3v) is 5.48. The number of aromatic amines is 1. The molecule has 1 atom stereocenters. The van der Waals surface area contributed by atoms with Crippen molar-refractivity contribution in [2.75, 3.05) is 27.9 Å². The molecule has 8 heteroatoms. The van der Waals surface area contributed by atoms with Gasteiger partial charge in [0.05, 0.1) is 38.8 Å². The number of ether oxygens (including phenoxy) is 3. The summed E-state index contributed by atoms with van der Waals surface area (Å²) in [4.78, 5) is 26.7. The Hall–Kier alpha value is -3.39. The number of hydrogen-bond donors (Lipinski definition) is 1. The lowest BCUT2D eigenvalue weighted by molar-refractivity contribution is 0.238. The van der Waals surface area contributed by atoms with E-state index in [4.69, 9.17) is 19.2 Å². The quantitative estimate of drug-likeness (QED) is 0.625. The van der Waals surface area contributed by atoms with Crippen LogP contribution in [0, 0.1) is 0 Å². The normalized spacial score (nSPS) is 16.3. The Labute approximate surface area is 180 Å². The summed E-state index contributed by atoms with van der Waals surface area (Å²) in [6, 6.07) is 11.0. The second-order valence-electron chi connectivity index (χ2n) is 7.39. The molecule has 3 aromatic rings. The van der Waals surface area contributed by atoms with Crippen molar-refractivity contribution in [3.05, 3.63) is 64.3 Å². The molecule has 1 aromatic carbocycles. The smallest absolute Gasteiger partial charge is 0.251 e. The number of H-pyrrole nitrogens is 1. The second-order valence-corrected chi connectivity index (χ2v) is 7.39. The lowest BCUT2D eigenvalue weighted by Gasteiger charge is -2.24. The zero-order valence-electron chi connectivity index (χ0n) is 17.9. The topological polar surface area (TPSA) is 89.6 Å². The maximum Gasteiger partial charge on any atom is 0.251 e. The van der Waals surface area contributed by atoms with Crippen LogP contribution in [0.3, 0.4) is 0 Å². The number of nitrogens with one attached hydrogen (secondary N) is 1. The molecule has 2 aromatic heterocycles. The fourth-order valence-corrected chi connectivity index (χ4v) is 4.07. The molecule has 1 saturated heterocycles. The van der Waals surface area contributed by atoms with Crippen molar-refractivity contribution in [1.82, 2.24) is 19.9 Å². The van der Waals surface area contributed by atoms with Crippen LogP contribution in [0.5, 0.6) is 17.2 Å². The summed E-state index contributed by atoms with van der Waals surface area (Å²) in [6.07, 6.45) is 3.63. The summed E-state index contributed by atoms with van der Waals surface area (Å²) in [5, 5.41) is 0. The van der Waals surface area contributed by atoms with E-state index in [-0.39, 0.29) is 11.6 Å². The zero-order valence-corrected chi connectivity index (χ0v) is 17.9. The first kappa shape index (κ1) is 20.9. The van der Waals surface area contributed by atoms with Crippen molar-refractivity contribution < 1.29 is 14.2 Å². The van der Waals surface area contributed by atoms with Crippen molar-refractivity contribution in [3.8, 4) is 28.6 Å². The summed E-state index contributed by atoms with van der Waals surface area (Å²) in [5.41, 5.74) is 2.12. The molecule has 1 aliphatic heterocycles. The standard InChI is InChI=1S/C23H26N4O4/c1-29-19-11-15(12-20(30-2)22(19)31-3)14-27-10-6-8-18(27)23-25-17(13-21(28)26-23)16-7-4-5-9-24-16/h4-5,7,9,11-13,18H,6,8,10,14H2,1-3H3,(H,25,26,28)/t18-/m0/s1. The molecule has 1 aliphatic rings. The molecule has 0 amide bonds. The van der Waals surface area contributed by atoms with Crippen LogP contribution < -0.4 is 19.8 Å². The highest BCUT2D eigenvalue weighted by Crippen LogP contribution is 2.40. The minimum atomic E-state index is -0.176. The predicted molar refractivity (Wildman–Crippen MR) is 117 cm³/mol. The molecule has 8 nitrogen and oxygen atoms in total. The van der Waals surface area contributed by atoms with Gasteiger partial charge < -0.3 is 19.2 Å². The van der Waals surface area contributed by atoms with Gasteiger partial charge in [0.1, 0.15) is 5.82 Å². The number of rotatable bonds is 7. The van der Waals surface area contributed by atoms with Crippen molar-refractivity contribution in [1.29, 1.82) is 0 Å². The number of pyridine rings is 1. The van der Waals surface area contributed by atoms with Crippen molar-refractivity contribution in [2.45, 2.75) is 25.4 Å². The molecule has 1 N–H and O–H groups in total. The SMILES string of the molecule is COc1cc(CN2CCC[C@H]2c2nc(-c3ccccn3)cc(=O)[nH]2)cc(OC)c1OC. The van der Waals surface area contributed by atoms with E-state index in [9.17, 15) is 4.79 Å². The minimum absolute atomic E-state index is 0.00968. The molecule has 0 unspecified atom stereocenters. The number of methoxy groups -OCH3 is 3. The number of likely N-dealkylation sites (tertiary alicyclic amines) is 1.